The highest BCUT2D eigenvalue weighted by molar-refractivity contribution is 6.10. The minimum atomic E-state index is -0.319. The van der Waals surface area contributed by atoms with E-state index >= 15 is 0 Å². The van der Waals surface area contributed by atoms with Crippen LogP contribution < -0.4 is 11.1 Å². The molecule has 0 saturated carbocycles. The Kier molecular flexibility index (Phi) is 3.31. The predicted molar refractivity (Wildman–Crippen MR) is 76.4 cm³/mol. The van der Waals surface area contributed by atoms with Crippen molar-refractivity contribution in [2.75, 3.05) is 13.1 Å². The number of aliphatic imine (C=N–C) groups is 1. The fourth-order valence-electron chi connectivity index (χ4n) is 2.46. The predicted octanol–water partition coefficient (Wildman–Crippen LogP) is -0.426. The number of benzene rings is 1. The standard InChI is InChI=1S/C14H15N5O2/c15-12-11(17-9-20)13(21)18-7-6-16-14(18)19(12)8-10-4-2-1-3-5-10/h1-5,9H,6-8,15H2,(H,17,20). The first-order valence-electron chi connectivity index (χ1n) is 6.60. The van der Waals surface area contributed by atoms with E-state index in [1.54, 1.807) is 4.90 Å². The van der Waals surface area contributed by atoms with Crippen LogP contribution in [0, 0.1) is 0 Å². The van der Waals surface area contributed by atoms with Gasteiger partial charge < -0.3 is 11.1 Å². The number of amides is 2. The Hall–Kier alpha value is -2.83. The van der Waals surface area contributed by atoms with Gasteiger partial charge in [-0.2, -0.15) is 0 Å². The van der Waals surface area contributed by atoms with Gasteiger partial charge in [0.15, 0.2) is 0 Å². The van der Waals surface area contributed by atoms with E-state index in [1.165, 1.54) is 4.90 Å². The average molecular weight is 285 g/mol. The highest BCUT2D eigenvalue weighted by Gasteiger charge is 2.38. The Balaban J connectivity index is 1.99. The summed E-state index contributed by atoms with van der Waals surface area (Å²) in [5.41, 5.74) is 7.20. The van der Waals surface area contributed by atoms with Crippen LogP contribution in [0.2, 0.25) is 0 Å². The summed E-state index contributed by atoms with van der Waals surface area (Å²) < 4.78 is 0. The number of carbonyl (C=O) groups excluding carboxylic acids is 2. The van der Waals surface area contributed by atoms with Crippen LogP contribution in [0.1, 0.15) is 5.56 Å². The van der Waals surface area contributed by atoms with Crippen molar-refractivity contribution in [3.05, 3.63) is 47.4 Å². The van der Waals surface area contributed by atoms with Crippen molar-refractivity contribution in [1.82, 2.24) is 15.1 Å². The molecule has 0 aliphatic carbocycles. The Bertz CT molecular complexity index is 638. The van der Waals surface area contributed by atoms with Crippen molar-refractivity contribution in [2.45, 2.75) is 6.54 Å². The maximum atomic E-state index is 12.3. The number of rotatable bonds is 4. The number of fused-ring (bicyclic) bond motifs is 1. The summed E-state index contributed by atoms with van der Waals surface area (Å²) in [5, 5.41) is 2.40. The molecule has 0 bridgehead atoms. The summed E-state index contributed by atoms with van der Waals surface area (Å²) in [5.74, 6) is 0.436. The summed E-state index contributed by atoms with van der Waals surface area (Å²) in [6, 6.07) is 9.74. The van der Waals surface area contributed by atoms with Crippen LogP contribution in [0.3, 0.4) is 0 Å². The molecule has 1 aromatic carbocycles. The number of carbonyl (C=O) groups is 2. The molecule has 21 heavy (non-hydrogen) atoms. The molecule has 0 unspecified atom stereocenters. The molecule has 0 atom stereocenters. The zero-order chi connectivity index (χ0) is 14.8. The van der Waals surface area contributed by atoms with Crippen LogP contribution in [0.5, 0.6) is 0 Å². The van der Waals surface area contributed by atoms with Gasteiger partial charge in [-0.15, -0.1) is 0 Å². The van der Waals surface area contributed by atoms with Crippen molar-refractivity contribution in [2.24, 2.45) is 10.7 Å². The van der Waals surface area contributed by atoms with Crippen LogP contribution in [-0.2, 0) is 16.1 Å². The Morgan fingerprint density at radius 1 is 1.33 bits per heavy atom. The van der Waals surface area contributed by atoms with Crippen molar-refractivity contribution in [1.29, 1.82) is 0 Å². The maximum Gasteiger partial charge on any atom is 0.280 e. The topological polar surface area (TPSA) is 91.0 Å². The van der Waals surface area contributed by atoms with E-state index in [0.29, 0.717) is 32.0 Å². The van der Waals surface area contributed by atoms with Gasteiger partial charge in [-0.05, 0) is 5.56 Å². The lowest BCUT2D eigenvalue weighted by molar-refractivity contribution is -0.125. The summed E-state index contributed by atoms with van der Waals surface area (Å²) in [6.07, 6.45) is 0.457. The number of hydrogen-bond acceptors (Lipinski definition) is 5. The summed E-state index contributed by atoms with van der Waals surface area (Å²) in [7, 11) is 0. The Morgan fingerprint density at radius 3 is 2.81 bits per heavy atom. The largest absolute Gasteiger partial charge is 0.383 e. The van der Waals surface area contributed by atoms with E-state index in [9.17, 15) is 9.59 Å². The number of hydrogen-bond donors (Lipinski definition) is 2. The molecule has 1 aromatic rings. The molecule has 0 aromatic heterocycles. The van der Waals surface area contributed by atoms with Crippen LogP contribution in [0.25, 0.3) is 0 Å². The molecule has 7 nitrogen and oxygen atoms in total. The second-order valence-corrected chi connectivity index (χ2v) is 4.73. The molecule has 0 spiro atoms. The lowest BCUT2D eigenvalue weighted by Crippen LogP contribution is -2.54. The van der Waals surface area contributed by atoms with Crippen LogP contribution >= 0.6 is 0 Å². The van der Waals surface area contributed by atoms with E-state index in [4.69, 9.17) is 5.73 Å². The molecule has 2 aliphatic heterocycles. The van der Waals surface area contributed by atoms with E-state index in [0.717, 1.165) is 5.56 Å². The summed E-state index contributed by atoms with van der Waals surface area (Å²) in [6.45, 7) is 1.52. The van der Waals surface area contributed by atoms with Gasteiger partial charge in [0.25, 0.3) is 5.91 Å². The molecule has 0 radical (unpaired) electrons. The highest BCUT2D eigenvalue weighted by atomic mass is 16.2. The second-order valence-electron chi connectivity index (χ2n) is 4.73. The normalized spacial score (nSPS) is 17.7. The van der Waals surface area contributed by atoms with Crippen LogP contribution in [0.15, 0.2) is 46.8 Å². The molecule has 0 saturated heterocycles. The maximum absolute atomic E-state index is 12.3. The minimum absolute atomic E-state index is 0.0989. The lowest BCUT2D eigenvalue weighted by Gasteiger charge is -2.35. The van der Waals surface area contributed by atoms with E-state index < -0.39 is 0 Å². The third-order valence-electron chi connectivity index (χ3n) is 3.45. The minimum Gasteiger partial charge on any atom is -0.383 e. The van der Waals surface area contributed by atoms with Gasteiger partial charge in [0, 0.05) is 6.54 Å². The van der Waals surface area contributed by atoms with Gasteiger partial charge in [-0.1, -0.05) is 30.3 Å². The number of nitrogens with two attached hydrogens (primary N) is 1. The van der Waals surface area contributed by atoms with Gasteiger partial charge in [0.1, 0.15) is 11.5 Å². The van der Waals surface area contributed by atoms with Gasteiger partial charge in [-0.3, -0.25) is 24.4 Å². The van der Waals surface area contributed by atoms with Gasteiger partial charge in [0.2, 0.25) is 12.4 Å². The fourth-order valence-corrected chi connectivity index (χ4v) is 2.46. The molecule has 2 aliphatic rings. The van der Waals surface area contributed by atoms with Crippen LogP contribution in [-0.4, -0.2) is 41.2 Å². The first-order valence-corrected chi connectivity index (χ1v) is 6.60. The zero-order valence-electron chi connectivity index (χ0n) is 11.3. The Morgan fingerprint density at radius 2 is 2.10 bits per heavy atom. The van der Waals surface area contributed by atoms with Crippen molar-refractivity contribution in [3.8, 4) is 0 Å². The molecule has 7 heteroatoms. The number of nitrogens with zero attached hydrogens (tertiary/aromatic N) is 3. The molecule has 2 heterocycles. The third-order valence-corrected chi connectivity index (χ3v) is 3.45. The van der Waals surface area contributed by atoms with Crippen molar-refractivity contribution < 1.29 is 9.59 Å². The van der Waals surface area contributed by atoms with Crippen molar-refractivity contribution in [3.63, 3.8) is 0 Å². The smallest absolute Gasteiger partial charge is 0.280 e. The lowest BCUT2D eigenvalue weighted by atomic mass is 10.2. The summed E-state index contributed by atoms with van der Waals surface area (Å²) in [4.78, 5) is 30.6. The number of nitrogens with one attached hydrogen (secondary N) is 1. The van der Waals surface area contributed by atoms with Crippen LogP contribution in [0.4, 0.5) is 0 Å². The van der Waals surface area contributed by atoms with Gasteiger partial charge in [-0.25, -0.2) is 0 Å². The molecule has 108 valence electrons. The quantitative estimate of drug-likeness (QED) is 0.735. The Labute approximate surface area is 121 Å². The molecule has 3 rings (SSSR count). The molecule has 3 N–H and O–H groups in total. The molecular formula is C14H15N5O2. The van der Waals surface area contributed by atoms with Gasteiger partial charge in [0.05, 0.1) is 13.1 Å². The first kappa shape index (κ1) is 13.2. The SMILES string of the molecule is NC1=C(NC=O)C(=O)N2CCN=C2N1Cc1ccccc1. The zero-order valence-corrected chi connectivity index (χ0v) is 11.3. The fraction of sp³-hybridized carbons (Fsp3) is 0.214. The molecule has 2 amide bonds. The molecule has 0 fully saturated rings. The third kappa shape index (κ3) is 2.22. The highest BCUT2D eigenvalue weighted by Crippen LogP contribution is 2.22. The molecular weight excluding hydrogens is 270 g/mol. The van der Waals surface area contributed by atoms with E-state index in [-0.39, 0.29) is 17.4 Å². The summed E-state index contributed by atoms with van der Waals surface area (Å²) >= 11 is 0. The average Bonchev–Trinajstić information content (AvgIpc) is 2.99. The first-order chi connectivity index (χ1) is 10.2. The van der Waals surface area contributed by atoms with E-state index in [2.05, 4.69) is 10.3 Å². The van der Waals surface area contributed by atoms with Gasteiger partial charge >= 0.3 is 0 Å². The number of guanidine groups is 1. The monoisotopic (exact) mass is 285 g/mol. The van der Waals surface area contributed by atoms with E-state index in [1.807, 2.05) is 30.3 Å². The second kappa shape index (κ2) is 5.28. The van der Waals surface area contributed by atoms with Crippen molar-refractivity contribution >= 4 is 18.3 Å².